The molecule has 1 saturated carbocycles. The van der Waals surface area contributed by atoms with Crippen LogP contribution in [-0.4, -0.2) is 36.5 Å². The summed E-state index contributed by atoms with van der Waals surface area (Å²) in [5.41, 5.74) is -2.34. The molecule has 6 nitrogen and oxygen atoms in total. The molecule has 1 aromatic rings. The van der Waals surface area contributed by atoms with Gasteiger partial charge < -0.3 is 10.2 Å². The number of carboxylic acids is 1. The van der Waals surface area contributed by atoms with Gasteiger partial charge in [0, 0.05) is 0 Å². The molecule has 0 spiro atoms. The molecule has 0 aliphatic heterocycles. The van der Waals surface area contributed by atoms with E-state index in [0.717, 1.165) is 0 Å². The monoisotopic (exact) mass is 225 g/mol. The molecule has 1 aromatic heterocycles. The Kier molecular flexibility index (Phi) is 2.46. The van der Waals surface area contributed by atoms with Crippen LogP contribution < -0.4 is 0 Å². The molecule has 1 aliphatic carbocycles. The van der Waals surface area contributed by atoms with E-state index in [0.29, 0.717) is 19.3 Å². The fourth-order valence-electron chi connectivity index (χ4n) is 2.38. The van der Waals surface area contributed by atoms with Crippen molar-refractivity contribution in [1.29, 1.82) is 0 Å². The topological polar surface area (TPSA) is 88.2 Å². The van der Waals surface area contributed by atoms with Gasteiger partial charge >= 0.3 is 5.97 Å². The van der Waals surface area contributed by atoms with Crippen molar-refractivity contribution in [2.45, 2.75) is 38.3 Å². The van der Waals surface area contributed by atoms with Crippen LogP contribution in [-0.2, 0) is 11.3 Å². The first kappa shape index (κ1) is 11.1. The zero-order valence-corrected chi connectivity index (χ0v) is 9.13. The number of nitrogens with zero attached hydrogens (tertiary/aromatic N) is 3. The number of rotatable bonds is 3. The molecule has 1 aliphatic rings. The summed E-state index contributed by atoms with van der Waals surface area (Å²) < 4.78 is 1.48. The van der Waals surface area contributed by atoms with Crippen LogP contribution in [0.25, 0.3) is 0 Å². The lowest BCUT2D eigenvalue weighted by Crippen LogP contribution is -2.50. The Balaban J connectivity index is 2.26. The fraction of sp³-hybridized carbons (Fsp3) is 0.700. The summed E-state index contributed by atoms with van der Waals surface area (Å²) in [6, 6.07) is 0. The van der Waals surface area contributed by atoms with E-state index in [4.69, 9.17) is 0 Å². The third kappa shape index (κ3) is 1.49. The quantitative estimate of drug-likeness (QED) is 0.771. The number of hydrogen-bond acceptors (Lipinski definition) is 4. The van der Waals surface area contributed by atoms with Gasteiger partial charge in [-0.05, 0) is 26.2 Å². The summed E-state index contributed by atoms with van der Waals surface area (Å²) >= 11 is 0. The van der Waals surface area contributed by atoms with Crippen LogP contribution in [0.3, 0.4) is 0 Å². The Bertz CT molecular complexity index is 392. The van der Waals surface area contributed by atoms with Gasteiger partial charge in [0.15, 0.2) is 0 Å². The van der Waals surface area contributed by atoms with Gasteiger partial charge in [-0.25, -0.2) is 4.98 Å². The molecule has 0 radical (unpaired) electrons. The average Bonchev–Trinajstić information content (AvgIpc) is 2.78. The fourth-order valence-corrected chi connectivity index (χ4v) is 2.38. The first-order valence-corrected chi connectivity index (χ1v) is 5.26. The van der Waals surface area contributed by atoms with E-state index in [-0.39, 0.29) is 6.54 Å². The molecular formula is C10H15N3O3. The molecule has 1 heterocycles. The van der Waals surface area contributed by atoms with Gasteiger partial charge in [-0.15, -0.1) is 0 Å². The number of carboxylic acid groups (broad SMARTS) is 1. The third-order valence-corrected chi connectivity index (χ3v) is 3.66. The minimum Gasteiger partial charge on any atom is -0.481 e. The maximum atomic E-state index is 11.3. The average molecular weight is 225 g/mol. The number of aromatic nitrogens is 3. The highest BCUT2D eigenvalue weighted by Crippen LogP contribution is 2.47. The lowest BCUT2D eigenvalue weighted by atomic mass is 9.76. The number of hydrogen-bond donors (Lipinski definition) is 2. The summed E-state index contributed by atoms with van der Waals surface area (Å²) in [6.07, 6.45) is 4.55. The van der Waals surface area contributed by atoms with Crippen molar-refractivity contribution in [3.8, 4) is 0 Å². The van der Waals surface area contributed by atoms with E-state index in [2.05, 4.69) is 10.1 Å². The second-order valence-corrected chi connectivity index (χ2v) is 4.62. The van der Waals surface area contributed by atoms with Gasteiger partial charge in [-0.3, -0.25) is 9.48 Å². The van der Waals surface area contributed by atoms with Gasteiger partial charge in [0.1, 0.15) is 18.3 Å². The summed E-state index contributed by atoms with van der Waals surface area (Å²) in [5.74, 6) is -0.951. The second kappa shape index (κ2) is 3.55. The van der Waals surface area contributed by atoms with E-state index in [1.165, 1.54) is 17.3 Å². The van der Waals surface area contributed by atoms with Crippen LogP contribution in [0.2, 0.25) is 0 Å². The number of aliphatic hydroxyl groups is 1. The Labute approximate surface area is 92.9 Å². The minimum absolute atomic E-state index is 0.176. The van der Waals surface area contributed by atoms with Crippen LogP contribution in [0.5, 0.6) is 0 Å². The SMILES string of the molecule is CC1(C(=O)O)CCCC1(O)Cn1cncn1. The van der Waals surface area contributed by atoms with E-state index >= 15 is 0 Å². The van der Waals surface area contributed by atoms with Crippen molar-refractivity contribution in [3.05, 3.63) is 12.7 Å². The zero-order valence-electron chi connectivity index (χ0n) is 9.13. The first-order valence-electron chi connectivity index (χ1n) is 5.26. The lowest BCUT2D eigenvalue weighted by Gasteiger charge is -2.35. The van der Waals surface area contributed by atoms with Gasteiger partial charge in [0.2, 0.25) is 0 Å². The third-order valence-electron chi connectivity index (χ3n) is 3.66. The van der Waals surface area contributed by atoms with Crippen molar-refractivity contribution in [3.63, 3.8) is 0 Å². The Morgan fingerprint density at radius 2 is 2.31 bits per heavy atom. The molecule has 6 heteroatoms. The molecule has 0 aromatic carbocycles. The zero-order chi connectivity index (χ0) is 11.8. The smallest absolute Gasteiger partial charge is 0.312 e. The highest BCUT2D eigenvalue weighted by atomic mass is 16.4. The maximum absolute atomic E-state index is 11.3. The van der Waals surface area contributed by atoms with Crippen molar-refractivity contribution in [2.24, 2.45) is 5.41 Å². The summed E-state index contributed by atoms with van der Waals surface area (Å²) in [7, 11) is 0. The van der Waals surface area contributed by atoms with Crippen molar-refractivity contribution >= 4 is 5.97 Å². The molecule has 2 unspecified atom stereocenters. The van der Waals surface area contributed by atoms with E-state index < -0.39 is 17.0 Å². The molecule has 2 rings (SSSR count). The molecule has 0 saturated heterocycles. The van der Waals surface area contributed by atoms with Gasteiger partial charge in [-0.1, -0.05) is 0 Å². The molecule has 0 amide bonds. The second-order valence-electron chi connectivity index (χ2n) is 4.62. The van der Waals surface area contributed by atoms with Crippen LogP contribution in [0, 0.1) is 5.41 Å². The molecule has 2 N–H and O–H groups in total. The van der Waals surface area contributed by atoms with Gasteiger partial charge in [-0.2, -0.15) is 5.10 Å². The summed E-state index contributed by atoms with van der Waals surface area (Å²) in [5, 5.41) is 23.6. The Hall–Kier alpha value is -1.43. The maximum Gasteiger partial charge on any atom is 0.312 e. The number of carbonyl (C=O) groups is 1. The molecule has 16 heavy (non-hydrogen) atoms. The predicted octanol–water partition coefficient (Wildman–Crippen LogP) is 0.284. The number of aliphatic carboxylic acids is 1. The van der Waals surface area contributed by atoms with E-state index in [1.807, 2.05) is 0 Å². The molecule has 0 bridgehead atoms. The van der Waals surface area contributed by atoms with Crippen molar-refractivity contribution < 1.29 is 15.0 Å². The van der Waals surface area contributed by atoms with Crippen molar-refractivity contribution in [1.82, 2.24) is 14.8 Å². The van der Waals surface area contributed by atoms with Crippen LogP contribution in [0.4, 0.5) is 0 Å². The van der Waals surface area contributed by atoms with Crippen molar-refractivity contribution in [2.75, 3.05) is 0 Å². The summed E-state index contributed by atoms with van der Waals surface area (Å²) in [6.45, 7) is 1.77. The normalized spacial score (nSPS) is 34.1. The van der Waals surface area contributed by atoms with E-state index in [9.17, 15) is 15.0 Å². The lowest BCUT2D eigenvalue weighted by molar-refractivity contribution is -0.164. The summed E-state index contributed by atoms with van der Waals surface area (Å²) in [4.78, 5) is 15.0. The predicted molar refractivity (Wildman–Crippen MR) is 54.6 cm³/mol. The van der Waals surface area contributed by atoms with Crippen LogP contribution in [0.15, 0.2) is 12.7 Å². The molecular weight excluding hydrogens is 210 g/mol. The minimum atomic E-state index is -1.24. The molecule has 2 atom stereocenters. The van der Waals surface area contributed by atoms with Crippen LogP contribution in [0.1, 0.15) is 26.2 Å². The largest absolute Gasteiger partial charge is 0.481 e. The Morgan fingerprint density at radius 1 is 1.56 bits per heavy atom. The van der Waals surface area contributed by atoms with Gasteiger partial charge in [0.05, 0.1) is 12.0 Å². The first-order chi connectivity index (χ1) is 7.48. The highest BCUT2D eigenvalue weighted by molar-refractivity contribution is 5.76. The van der Waals surface area contributed by atoms with E-state index in [1.54, 1.807) is 6.92 Å². The molecule has 88 valence electrons. The van der Waals surface area contributed by atoms with Crippen LogP contribution >= 0.6 is 0 Å². The van der Waals surface area contributed by atoms with Gasteiger partial charge in [0.25, 0.3) is 0 Å². The molecule has 1 fully saturated rings. The Morgan fingerprint density at radius 3 is 2.88 bits per heavy atom. The standard InChI is InChI=1S/C10H15N3O3/c1-9(8(14)15)3-2-4-10(9,16)5-13-7-11-6-12-13/h6-7,16H,2-5H2,1H3,(H,14,15). The highest BCUT2D eigenvalue weighted by Gasteiger charge is 2.56.